The highest BCUT2D eigenvalue weighted by Crippen LogP contribution is 2.24. The number of nitrogens with one attached hydrogen (secondary N) is 1. The lowest BCUT2D eigenvalue weighted by molar-refractivity contribution is 0.0919. The molecule has 1 aromatic heterocycles. The van der Waals surface area contributed by atoms with E-state index in [9.17, 15) is 4.79 Å². The van der Waals surface area contributed by atoms with E-state index in [0.717, 1.165) is 41.9 Å². The zero-order chi connectivity index (χ0) is 18.8. The predicted octanol–water partition coefficient (Wildman–Crippen LogP) is 3.57. The highest BCUT2D eigenvalue weighted by atomic mass is 16.5. The molecule has 3 aromatic rings. The van der Waals surface area contributed by atoms with Crippen molar-refractivity contribution >= 4 is 22.4 Å². The summed E-state index contributed by atoms with van der Waals surface area (Å²) in [5.74, 6) is 1.05. The third kappa shape index (κ3) is 3.55. The molecule has 1 unspecified atom stereocenters. The Hall–Kier alpha value is -2.79. The van der Waals surface area contributed by atoms with Gasteiger partial charge in [0, 0.05) is 54.0 Å². The maximum absolute atomic E-state index is 12.8. The van der Waals surface area contributed by atoms with Gasteiger partial charge >= 0.3 is 0 Å². The van der Waals surface area contributed by atoms with Gasteiger partial charge < -0.3 is 14.6 Å². The number of aromatic nitrogens is 1. The molecule has 1 aliphatic heterocycles. The Labute approximate surface area is 159 Å². The number of Topliss-reactive ketones (excluding diaryl/α,β-unsaturated/α-hetero) is 1. The van der Waals surface area contributed by atoms with Gasteiger partial charge in [-0.15, -0.1) is 0 Å². The van der Waals surface area contributed by atoms with Gasteiger partial charge in [-0.1, -0.05) is 18.2 Å². The van der Waals surface area contributed by atoms with E-state index in [1.807, 2.05) is 42.6 Å². The summed E-state index contributed by atoms with van der Waals surface area (Å²) in [6.45, 7) is 5.34. The Morgan fingerprint density at radius 3 is 2.67 bits per heavy atom. The highest BCUT2D eigenvalue weighted by molar-refractivity contribution is 6.08. The molecule has 1 saturated heterocycles. The molecule has 0 bridgehead atoms. The summed E-state index contributed by atoms with van der Waals surface area (Å²) in [5.41, 5.74) is 3.00. The fourth-order valence-corrected chi connectivity index (χ4v) is 3.92. The molecule has 4 rings (SSSR count). The lowest BCUT2D eigenvalue weighted by Crippen LogP contribution is -2.53. The summed E-state index contributed by atoms with van der Waals surface area (Å²) in [5, 5.41) is 1.01. The Morgan fingerprint density at radius 1 is 1.15 bits per heavy atom. The second kappa shape index (κ2) is 7.45. The Morgan fingerprint density at radius 2 is 1.93 bits per heavy atom. The van der Waals surface area contributed by atoms with Crippen LogP contribution in [0.5, 0.6) is 5.75 Å². The maximum Gasteiger partial charge on any atom is 0.178 e. The summed E-state index contributed by atoms with van der Waals surface area (Å²) in [6, 6.07) is 16.5. The van der Waals surface area contributed by atoms with Crippen molar-refractivity contribution in [3.05, 3.63) is 60.3 Å². The number of nitrogens with zero attached hydrogens (tertiary/aromatic N) is 2. The lowest BCUT2D eigenvalue weighted by Gasteiger charge is -2.41. The van der Waals surface area contributed by atoms with Gasteiger partial charge in [-0.25, -0.2) is 0 Å². The van der Waals surface area contributed by atoms with Crippen LogP contribution >= 0.6 is 0 Å². The van der Waals surface area contributed by atoms with Crippen LogP contribution in [0.15, 0.2) is 54.7 Å². The Balaban J connectivity index is 1.41. The van der Waals surface area contributed by atoms with E-state index in [1.54, 1.807) is 7.11 Å². The van der Waals surface area contributed by atoms with Gasteiger partial charge in [0.2, 0.25) is 0 Å². The zero-order valence-corrected chi connectivity index (χ0v) is 15.8. The second-order valence-corrected chi connectivity index (χ2v) is 7.15. The number of H-pyrrole nitrogens is 1. The number of rotatable bonds is 5. The van der Waals surface area contributed by atoms with Gasteiger partial charge in [0.15, 0.2) is 5.78 Å². The van der Waals surface area contributed by atoms with Crippen LogP contribution in [0.3, 0.4) is 0 Å². The van der Waals surface area contributed by atoms with E-state index in [4.69, 9.17) is 4.74 Å². The molecule has 1 N–H and O–H groups in total. The minimum absolute atomic E-state index is 0.178. The topological polar surface area (TPSA) is 48.6 Å². The van der Waals surface area contributed by atoms with E-state index in [2.05, 4.69) is 33.8 Å². The molecule has 2 aromatic carbocycles. The number of anilines is 1. The summed E-state index contributed by atoms with van der Waals surface area (Å²) in [6.07, 6.45) is 1.84. The van der Waals surface area contributed by atoms with Crippen LogP contribution in [-0.2, 0) is 0 Å². The van der Waals surface area contributed by atoms with E-state index >= 15 is 0 Å². The summed E-state index contributed by atoms with van der Waals surface area (Å²) < 4.78 is 5.24. The first-order valence-corrected chi connectivity index (χ1v) is 9.38. The number of fused-ring (bicyclic) bond motifs is 1. The molecule has 0 spiro atoms. The van der Waals surface area contributed by atoms with Gasteiger partial charge in [0.25, 0.3) is 0 Å². The predicted molar refractivity (Wildman–Crippen MR) is 109 cm³/mol. The summed E-state index contributed by atoms with van der Waals surface area (Å²) in [7, 11) is 1.68. The number of carbonyl (C=O) groups excluding carboxylic acids is 1. The fourth-order valence-electron chi connectivity index (χ4n) is 3.92. The first-order chi connectivity index (χ1) is 13.2. The van der Waals surface area contributed by atoms with Crippen LogP contribution in [0.1, 0.15) is 17.3 Å². The number of para-hydroxylation sites is 1. The zero-order valence-electron chi connectivity index (χ0n) is 15.8. The van der Waals surface area contributed by atoms with E-state index in [0.29, 0.717) is 12.6 Å². The molecule has 140 valence electrons. The number of ether oxygens (including phenoxy) is 1. The smallest absolute Gasteiger partial charge is 0.178 e. The van der Waals surface area contributed by atoms with Crippen molar-refractivity contribution in [1.82, 2.24) is 9.88 Å². The molecule has 2 heterocycles. The number of carbonyl (C=O) groups is 1. The molecule has 0 saturated carbocycles. The first-order valence-electron chi connectivity index (χ1n) is 9.38. The third-order valence-corrected chi connectivity index (χ3v) is 5.37. The lowest BCUT2D eigenvalue weighted by atomic mass is 10.1. The Bertz CT molecular complexity index is 932. The molecule has 1 atom stereocenters. The number of methoxy groups -OCH3 is 1. The number of benzene rings is 2. The molecule has 0 radical (unpaired) electrons. The standard InChI is InChI=1S/C22H25N3O2/c1-16-14-24(11-12-25(16)17-7-9-18(27-2)10-8-17)15-22(26)20-13-23-21-6-4-3-5-19(20)21/h3-10,13,16,23H,11-12,14-15H2,1-2H3. The minimum Gasteiger partial charge on any atom is -0.497 e. The first kappa shape index (κ1) is 17.6. The molecule has 0 amide bonds. The summed E-state index contributed by atoms with van der Waals surface area (Å²) in [4.78, 5) is 20.7. The number of aromatic amines is 1. The van der Waals surface area contributed by atoms with Crippen LogP contribution in [0, 0.1) is 0 Å². The van der Waals surface area contributed by atoms with Crippen LogP contribution in [0.4, 0.5) is 5.69 Å². The molecule has 5 nitrogen and oxygen atoms in total. The average molecular weight is 363 g/mol. The van der Waals surface area contributed by atoms with Crippen molar-refractivity contribution in [2.24, 2.45) is 0 Å². The monoisotopic (exact) mass is 363 g/mol. The van der Waals surface area contributed by atoms with E-state index in [1.165, 1.54) is 5.69 Å². The Kier molecular flexibility index (Phi) is 4.86. The minimum atomic E-state index is 0.178. The molecular formula is C22H25N3O2. The molecule has 1 aliphatic rings. The average Bonchev–Trinajstić information content (AvgIpc) is 3.12. The van der Waals surface area contributed by atoms with Crippen molar-refractivity contribution < 1.29 is 9.53 Å². The van der Waals surface area contributed by atoms with Crippen LogP contribution in [-0.4, -0.2) is 55.0 Å². The molecular weight excluding hydrogens is 338 g/mol. The van der Waals surface area contributed by atoms with Crippen LogP contribution in [0.25, 0.3) is 10.9 Å². The van der Waals surface area contributed by atoms with Crippen LogP contribution < -0.4 is 9.64 Å². The van der Waals surface area contributed by atoms with Crippen molar-refractivity contribution in [3.63, 3.8) is 0 Å². The van der Waals surface area contributed by atoms with Crippen molar-refractivity contribution in [3.8, 4) is 5.75 Å². The number of piperazine rings is 1. The van der Waals surface area contributed by atoms with Gasteiger partial charge in [0.1, 0.15) is 5.75 Å². The molecule has 27 heavy (non-hydrogen) atoms. The molecule has 0 aliphatic carbocycles. The van der Waals surface area contributed by atoms with Gasteiger partial charge in [0.05, 0.1) is 13.7 Å². The van der Waals surface area contributed by atoms with E-state index in [-0.39, 0.29) is 5.78 Å². The highest BCUT2D eigenvalue weighted by Gasteiger charge is 2.26. The summed E-state index contributed by atoms with van der Waals surface area (Å²) >= 11 is 0. The third-order valence-electron chi connectivity index (χ3n) is 5.37. The largest absolute Gasteiger partial charge is 0.497 e. The number of ketones is 1. The van der Waals surface area contributed by atoms with Gasteiger partial charge in [-0.05, 0) is 37.3 Å². The quantitative estimate of drug-likeness (QED) is 0.704. The fraction of sp³-hybridized carbons (Fsp3) is 0.318. The maximum atomic E-state index is 12.8. The van der Waals surface area contributed by atoms with Gasteiger partial charge in [-0.3, -0.25) is 9.69 Å². The SMILES string of the molecule is COc1ccc(N2CCN(CC(=O)c3c[nH]c4ccccc34)CC2C)cc1. The second-order valence-electron chi connectivity index (χ2n) is 7.15. The van der Waals surface area contributed by atoms with E-state index < -0.39 is 0 Å². The normalized spacial score (nSPS) is 18.0. The number of hydrogen-bond acceptors (Lipinski definition) is 4. The van der Waals surface area contributed by atoms with Crippen molar-refractivity contribution in [1.29, 1.82) is 0 Å². The molecule has 1 fully saturated rings. The van der Waals surface area contributed by atoms with Crippen LogP contribution in [0.2, 0.25) is 0 Å². The van der Waals surface area contributed by atoms with Crippen molar-refractivity contribution in [2.75, 3.05) is 38.2 Å². The van der Waals surface area contributed by atoms with Gasteiger partial charge in [-0.2, -0.15) is 0 Å². The molecule has 5 heteroatoms. The number of hydrogen-bond donors (Lipinski definition) is 1. The van der Waals surface area contributed by atoms with Crippen molar-refractivity contribution in [2.45, 2.75) is 13.0 Å².